The van der Waals surface area contributed by atoms with Crippen molar-refractivity contribution in [3.8, 4) is 5.88 Å². The van der Waals surface area contributed by atoms with E-state index in [0.717, 1.165) is 0 Å². The molecule has 1 unspecified atom stereocenters. The number of amides is 1. The van der Waals surface area contributed by atoms with Gasteiger partial charge in [-0.2, -0.15) is 13.2 Å². The molecule has 6 nitrogen and oxygen atoms in total. The van der Waals surface area contributed by atoms with E-state index < -0.39 is 18.1 Å². The Morgan fingerprint density at radius 1 is 1.36 bits per heavy atom. The standard InChI is InChI=1S/C18H17BrF3N3O3/c1-17(8-27-9-17)10-28-16-11(19)5-6-13(24-16)15(26)25-14(18(20,21)22)12-4-2-3-7-23-12/h2-7,14H,8-10H2,1H3,(H,25,26). The molecule has 1 amide bonds. The molecule has 1 aliphatic heterocycles. The first-order valence-electron chi connectivity index (χ1n) is 8.34. The fourth-order valence-electron chi connectivity index (χ4n) is 2.50. The SMILES string of the molecule is CC1(COc2nc(C(=O)NC(c3ccccn3)C(F)(F)F)ccc2Br)COC1. The smallest absolute Gasteiger partial charge is 0.414 e. The van der Waals surface area contributed by atoms with Crippen molar-refractivity contribution in [3.63, 3.8) is 0 Å². The van der Waals surface area contributed by atoms with Crippen molar-refractivity contribution in [2.75, 3.05) is 19.8 Å². The molecule has 150 valence electrons. The van der Waals surface area contributed by atoms with Crippen molar-refractivity contribution in [1.29, 1.82) is 0 Å². The fourth-order valence-corrected chi connectivity index (χ4v) is 2.84. The number of halogens is 4. The van der Waals surface area contributed by atoms with E-state index in [2.05, 4.69) is 25.9 Å². The van der Waals surface area contributed by atoms with Gasteiger partial charge in [0.25, 0.3) is 5.91 Å². The third-order valence-electron chi connectivity index (χ3n) is 4.09. The van der Waals surface area contributed by atoms with E-state index in [9.17, 15) is 18.0 Å². The number of carbonyl (C=O) groups excluding carboxylic acids is 1. The van der Waals surface area contributed by atoms with Gasteiger partial charge in [-0.05, 0) is 40.2 Å². The van der Waals surface area contributed by atoms with Gasteiger partial charge in [0.15, 0.2) is 6.04 Å². The van der Waals surface area contributed by atoms with E-state index in [1.807, 2.05) is 12.2 Å². The zero-order valence-corrected chi connectivity index (χ0v) is 16.4. The second kappa shape index (κ2) is 8.04. The summed E-state index contributed by atoms with van der Waals surface area (Å²) in [5.41, 5.74) is -0.659. The maximum Gasteiger partial charge on any atom is 0.414 e. The van der Waals surface area contributed by atoms with Crippen LogP contribution in [-0.2, 0) is 4.74 Å². The lowest BCUT2D eigenvalue weighted by atomic mass is 9.90. The highest BCUT2D eigenvalue weighted by Gasteiger charge is 2.43. The summed E-state index contributed by atoms with van der Waals surface area (Å²) in [6, 6.07) is 4.67. The summed E-state index contributed by atoms with van der Waals surface area (Å²) in [7, 11) is 0. The number of carbonyl (C=O) groups is 1. The predicted molar refractivity (Wildman–Crippen MR) is 96.9 cm³/mol. The van der Waals surface area contributed by atoms with E-state index >= 15 is 0 Å². The van der Waals surface area contributed by atoms with Gasteiger partial charge >= 0.3 is 6.18 Å². The summed E-state index contributed by atoms with van der Waals surface area (Å²) < 4.78 is 51.5. The first-order valence-corrected chi connectivity index (χ1v) is 9.13. The average Bonchev–Trinajstić information content (AvgIpc) is 2.63. The molecular weight excluding hydrogens is 443 g/mol. The summed E-state index contributed by atoms with van der Waals surface area (Å²) in [5, 5.41) is 1.95. The third-order valence-corrected chi connectivity index (χ3v) is 4.69. The normalized spacial score (nSPS) is 16.8. The maximum atomic E-state index is 13.4. The molecule has 0 aromatic carbocycles. The fraction of sp³-hybridized carbons (Fsp3) is 0.389. The van der Waals surface area contributed by atoms with Gasteiger partial charge in [-0.1, -0.05) is 13.0 Å². The number of hydrogen-bond donors (Lipinski definition) is 1. The molecule has 0 radical (unpaired) electrons. The zero-order chi connectivity index (χ0) is 20.4. The second-order valence-electron chi connectivity index (χ2n) is 6.78. The molecule has 10 heteroatoms. The van der Waals surface area contributed by atoms with Crippen molar-refractivity contribution in [2.24, 2.45) is 5.41 Å². The first-order chi connectivity index (χ1) is 13.2. The van der Waals surface area contributed by atoms with Crippen LogP contribution < -0.4 is 10.1 Å². The molecule has 28 heavy (non-hydrogen) atoms. The molecule has 0 aliphatic carbocycles. The van der Waals surface area contributed by atoms with Gasteiger partial charge in [0.1, 0.15) is 5.69 Å². The number of ether oxygens (including phenoxy) is 2. The minimum absolute atomic E-state index is 0.127. The molecule has 3 rings (SSSR count). The minimum Gasteiger partial charge on any atom is -0.476 e. The van der Waals surface area contributed by atoms with Crippen LogP contribution in [0.5, 0.6) is 5.88 Å². The molecular formula is C18H17BrF3N3O3. The Balaban J connectivity index is 1.76. The molecule has 1 N–H and O–H groups in total. The molecule has 1 saturated heterocycles. The number of aromatic nitrogens is 2. The van der Waals surface area contributed by atoms with Crippen LogP contribution in [0.1, 0.15) is 29.1 Å². The second-order valence-corrected chi connectivity index (χ2v) is 7.63. The highest BCUT2D eigenvalue weighted by molar-refractivity contribution is 9.10. The third kappa shape index (κ3) is 4.79. The van der Waals surface area contributed by atoms with Crippen LogP contribution in [0.4, 0.5) is 13.2 Å². The number of pyridine rings is 2. The molecule has 0 spiro atoms. The molecule has 0 saturated carbocycles. The van der Waals surface area contributed by atoms with Gasteiger partial charge in [0.05, 0.1) is 30.0 Å². The zero-order valence-electron chi connectivity index (χ0n) is 14.8. The molecule has 2 aromatic rings. The van der Waals surface area contributed by atoms with Crippen molar-refractivity contribution >= 4 is 21.8 Å². The molecule has 1 aliphatic rings. The Bertz CT molecular complexity index is 845. The van der Waals surface area contributed by atoms with Crippen LogP contribution in [-0.4, -0.2) is 41.9 Å². The average molecular weight is 460 g/mol. The number of rotatable bonds is 6. The largest absolute Gasteiger partial charge is 0.476 e. The summed E-state index contributed by atoms with van der Waals surface area (Å²) in [6.07, 6.45) is -3.48. The highest BCUT2D eigenvalue weighted by atomic mass is 79.9. The van der Waals surface area contributed by atoms with Gasteiger partial charge in [-0.25, -0.2) is 4.98 Å². The number of nitrogens with one attached hydrogen (secondary N) is 1. The molecule has 1 fully saturated rings. The van der Waals surface area contributed by atoms with Gasteiger partial charge < -0.3 is 14.8 Å². The minimum atomic E-state index is -4.71. The Hall–Kier alpha value is -2.20. The van der Waals surface area contributed by atoms with Crippen LogP contribution in [0, 0.1) is 5.41 Å². The lowest BCUT2D eigenvalue weighted by Gasteiger charge is -2.37. The van der Waals surface area contributed by atoms with Crippen molar-refractivity contribution in [3.05, 3.63) is 52.4 Å². The van der Waals surface area contributed by atoms with Crippen LogP contribution >= 0.6 is 15.9 Å². The van der Waals surface area contributed by atoms with Crippen LogP contribution in [0.25, 0.3) is 0 Å². The van der Waals surface area contributed by atoms with E-state index in [0.29, 0.717) is 24.3 Å². The Labute approximate surface area is 167 Å². The van der Waals surface area contributed by atoms with Crippen molar-refractivity contribution in [1.82, 2.24) is 15.3 Å². The van der Waals surface area contributed by atoms with E-state index in [4.69, 9.17) is 9.47 Å². The quantitative estimate of drug-likeness (QED) is 0.712. The summed E-state index contributed by atoms with van der Waals surface area (Å²) in [4.78, 5) is 20.2. The molecule has 0 bridgehead atoms. The van der Waals surface area contributed by atoms with Gasteiger partial charge in [0.2, 0.25) is 5.88 Å². The molecule has 1 atom stereocenters. The number of hydrogen-bond acceptors (Lipinski definition) is 5. The number of nitrogens with zero attached hydrogens (tertiary/aromatic N) is 2. The van der Waals surface area contributed by atoms with Gasteiger partial charge in [-0.15, -0.1) is 0 Å². The lowest BCUT2D eigenvalue weighted by molar-refractivity contribution is -0.156. The summed E-state index contributed by atoms with van der Waals surface area (Å²) >= 11 is 3.27. The summed E-state index contributed by atoms with van der Waals surface area (Å²) in [6.45, 7) is 3.37. The van der Waals surface area contributed by atoms with E-state index in [-0.39, 0.29) is 22.7 Å². The van der Waals surface area contributed by atoms with E-state index in [1.54, 1.807) is 0 Å². The van der Waals surface area contributed by atoms with Crippen molar-refractivity contribution < 1.29 is 27.4 Å². The maximum absolute atomic E-state index is 13.4. The van der Waals surface area contributed by atoms with Gasteiger partial charge in [0, 0.05) is 11.6 Å². The van der Waals surface area contributed by atoms with Crippen LogP contribution in [0.15, 0.2) is 41.0 Å². The van der Waals surface area contributed by atoms with Crippen molar-refractivity contribution in [2.45, 2.75) is 19.1 Å². The predicted octanol–water partition coefficient (Wildman–Crippen LogP) is 3.69. The molecule has 3 heterocycles. The first kappa shape index (κ1) is 20.5. The summed E-state index contributed by atoms with van der Waals surface area (Å²) in [5.74, 6) is -0.856. The Kier molecular flexibility index (Phi) is 5.90. The monoisotopic (exact) mass is 459 g/mol. The van der Waals surface area contributed by atoms with Gasteiger partial charge in [-0.3, -0.25) is 9.78 Å². The van der Waals surface area contributed by atoms with Crippen LogP contribution in [0.2, 0.25) is 0 Å². The van der Waals surface area contributed by atoms with E-state index in [1.165, 1.54) is 36.5 Å². The Morgan fingerprint density at radius 2 is 2.11 bits per heavy atom. The topological polar surface area (TPSA) is 73.3 Å². The molecule has 2 aromatic heterocycles. The highest BCUT2D eigenvalue weighted by Crippen LogP contribution is 2.32. The Morgan fingerprint density at radius 3 is 2.68 bits per heavy atom. The lowest BCUT2D eigenvalue weighted by Crippen LogP contribution is -2.44. The van der Waals surface area contributed by atoms with Crippen LogP contribution in [0.3, 0.4) is 0 Å². The number of alkyl halides is 3.